The van der Waals surface area contributed by atoms with Gasteiger partial charge >= 0.3 is 5.97 Å². The van der Waals surface area contributed by atoms with Gasteiger partial charge in [-0.15, -0.1) is 0 Å². The maximum absolute atomic E-state index is 10.4. The van der Waals surface area contributed by atoms with Crippen LogP contribution in [0, 0.1) is 0 Å². The fourth-order valence-corrected chi connectivity index (χ4v) is 0.756. The maximum Gasteiger partial charge on any atom is 0.335 e. The lowest BCUT2D eigenvalue weighted by Gasteiger charge is -2.15. The summed E-state index contributed by atoms with van der Waals surface area (Å²) in [7, 11) is 0. The summed E-state index contributed by atoms with van der Waals surface area (Å²) in [6.45, 7) is 3.32. The summed E-state index contributed by atoms with van der Waals surface area (Å²) < 4.78 is 0. The van der Waals surface area contributed by atoms with Crippen LogP contribution in [0.5, 0.6) is 0 Å². The summed E-state index contributed by atoms with van der Waals surface area (Å²) >= 11 is 0. The Balaban J connectivity index is 3.76. The molecule has 0 aliphatic carbocycles. The van der Waals surface area contributed by atoms with Crippen molar-refractivity contribution in [3.8, 4) is 0 Å². The van der Waals surface area contributed by atoms with Crippen LogP contribution in [-0.2, 0) is 4.79 Å². The number of rotatable bonds is 5. The number of aliphatic hydroxyl groups is 1. The summed E-state index contributed by atoms with van der Waals surface area (Å²) in [5, 5.41) is 17.8. The van der Waals surface area contributed by atoms with Crippen molar-refractivity contribution in [2.75, 3.05) is 0 Å². The van der Waals surface area contributed by atoms with Crippen LogP contribution in [0.15, 0.2) is 12.2 Å². The van der Waals surface area contributed by atoms with E-state index in [1.807, 2.05) is 19.1 Å². The van der Waals surface area contributed by atoms with Crippen LogP contribution in [-0.4, -0.2) is 21.8 Å². The molecular formula is C9H16O3. The number of carboxylic acid groups (broad SMARTS) is 1. The third-order valence-electron chi connectivity index (χ3n) is 1.66. The molecule has 0 saturated heterocycles. The standard InChI is InChI=1S/C9H16O3/c1-3-4-5-6-7-9(2,12)8(10)11/h4-5,12H,3,6-7H2,1-2H3,(H,10,11). The first-order valence-electron chi connectivity index (χ1n) is 4.11. The van der Waals surface area contributed by atoms with Crippen molar-refractivity contribution < 1.29 is 15.0 Å². The van der Waals surface area contributed by atoms with Crippen molar-refractivity contribution in [1.82, 2.24) is 0 Å². The molecule has 0 radical (unpaired) electrons. The van der Waals surface area contributed by atoms with Gasteiger partial charge in [-0.1, -0.05) is 19.1 Å². The van der Waals surface area contributed by atoms with Gasteiger partial charge in [-0.3, -0.25) is 0 Å². The van der Waals surface area contributed by atoms with E-state index in [0.717, 1.165) is 6.42 Å². The second kappa shape index (κ2) is 4.93. The molecule has 0 aromatic carbocycles. The summed E-state index contributed by atoms with van der Waals surface area (Å²) in [5.74, 6) is -1.16. The Labute approximate surface area is 72.7 Å². The lowest BCUT2D eigenvalue weighted by Crippen LogP contribution is -2.34. The third kappa shape index (κ3) is 4.13. The largest absolute Gasteiger partial charge is 0.479 e. The van der Waals surface area contributed by atoms with Gasteiger partial charge in [0.1, 0.15) is 0 Å². The highest BCUT2D eigenvalue weighted by Gasteiger charge is 2.28. The van der Waals surface area contributed by atoms with Gasteiger partial charge in [-0.25, -0.2) is 4.79 Å². The van der Waals surface area contributed by atoms with Gasteiger partial charge in [0.25, 0.3) is 0 Å². The van der Waals surface area contributed by atoms with Crippen LogP contribution >= 0.6 is 0 Å². The molecular weight excluding hydrogens is 156 g/mol. The molecule has 0 saturated carbocycles. The molecule has 0 aromatic rings. The Morgan fingerprint density at radius 1 is 1.50 bits per heavy atom. The Morgan fingerprint density at radius 2 is 2.08 bits per heavy atom. The van der Waals surface area contributed by atoms with E-state index in [9.17, 15) is 9.90 Å². The fourth-order valence-electron chi connectivity index (χ4n) is 0.756. The summed E-state index contributed by atoms with van der Waals surface area (Å²) in [4.78, 5) is 10.4. The zero-order valence-electron chi connectivity index (χ0n) is 7.58. The number of allylic oxidation sites excluding steroid dienone is 2. The van der Waals surface area contributed by atoms with Gasteiger partial charge in [-0.05, 0) is 26.2 Å². The van der Waals surface area contributed by atoms with Gasteiger partial charge < -0.3 is 10.2 Å². The topological polar surface area (TPSA) is 57.5 Å². The van der Waals surface area contributed by atoms with Crippen LogP contribution in [0.3, 0.4) is 0 Å². The first-order valence-corrected chi connectivity index (χ1v) is 4.11. The molecule has 0 spiro atoms. The van der Waals surface area contributed by atoms with E-state index in [-0.39, 0.29) is 6.42 Å². The number of aliphatic carboxylic acids is 1. The number of hydrogen-bond donors (Lipinski definition) is 2. The molecule has 0 aromatic heterocycles. The minimum atomic E-state index is -1.59. The van der Waals surface area contributed by atoms with Gasteiger partial charge in [0.15, 0.2) is 5.60 Å². The van der Waals surface area contributed by atoms with E-state index in [2.05, 4.69) is 0 Å². The quantitative estimate of drug-likeness (QED) is 0.619. The molecule has 0 aliphatic rings. The van der Waals surface area contributed by atoms with E-state index >= 15 is 0 Å². The van der Waals surface area contributed by atoms with Crippen molar-refractivity contribution in [2.45, 2.75) is 38.7 Å². The first-order chi connectivity index (χ1) is 5.50. The molecule has 0 bridgehead atoms. The average molecular weight is 172 g/mol. The molecule has 2 N–H and O–H groups in total. The highest BCUT2D eigenvalue weighted by atomic mass is 16.4. The van der Waals surface area contributed by atoms with Crippen LogP contribution in [0.1, 0.15) is 33.1 Å². The van der Waals surface area contributed by atoms with Crippen molar-refractivity contribution in [3.63, 3.8) is 0 Å². The predicted octanol–water partition coefficient (Wildman–Crippen LogP) is 1.57. The number of carboxylic acids is 1. The molecule has 1 unspecified atom stereocenters. The van der Waals surface area contributed by atoms with Crippen LogP contribution in [0.4, 0.5) is 0 Å². The predicted molar refractivity (Wildman–Crippen MR) is 46.9 cm³/mol. The van der Waals surface area contributed by atoms with Crippen molar-refractivity contribution in [3.05, 3.63) is 12.2 Å². The highest BCUT2D eigenvalue weighted by molar-refractivity contribution is 5.76. The smallest absolute Gasteiger partial charge is 0.335 e. The number of hydrogen-bond acceptors (Lipinski definition) is 2. The highest BCUT2D eigenvalue weighted by Crippen LogP contribution is 2.12. The minimum Gasteiger partial charge on any atom is -0.479 e. The monoisotopic (exact) mass is 172 g/mol. The molecule has 3 heteroatoms. The minimum absolute atomic E-state index is 0.263. The molecule has 1 atom stereocenters. The third-order valence-corrected chi connectivity index (χ3v) is 1.66. The van der Waals surface area contributed by atoms with Crippen molar-refractivity contribution >= 4 is 5.97 Å². The SMILES string of the molecule is CCC=CCCC(C)(O)C(=O)O. The van der Waals surface area contributed by atoms with Gasteiger partial charge in [0.05, 0.1) is 0 Å². The first kappa shape index (κ1) is 11.2. The Bertz CT molecular complexity index is 171. The molecule has 70 valence electrons. The molecule has 12 heavy (non-hydrogen) atoms. The molecule has 3 nitrogen and oxygen atoms in total. The average Bonchev–Trinajstić information content (AvgIpc) is 1.98. The van der Waals surface area contributed by atoms with Crippen LogP contribution in [0.25, 0.3) is 0 Å². The fraction of sp³-hybridized carbons (Fsp3) is 0.667. The lowest BCUT2D eigenvalue weighted by atomic mass is 10.0. The Morgan fingerprint density at radius 3 is 2.50 bits per heavy atom. The second-order valence-corrected chi connectivity index (χ2v) is 3.00. The lowest BCUT2D eigenvalue weighted by molar-refractivity contribution is -0.157. The summed E-state index contributed by atoms with van der Waals surface area (Å²) in [6.07, 6.45) is 5.65. The van der Waals surface area contributed by atoms with Crippen molar-refractivity contribution in [2.24, 2.45) is 0 Å². The molecule has 0 rings (SSSR count). The zero-order valence-corrected chi connectivity index (χ0v) is 7.58. The van der Waals surface area contributed by atoms with Gasteiger partial charge in [0, 0.05) is 0 Å². The van der Waals surface area contributed by atoms with E-state index in [0.29, 0.717) is 6.42 Å². The normalized spacial score (nSPS) is 16.2. The van der Waals surface area contributed by atoms with E-state index < -0.39 is 11.6 Å². The Kier molecular flexibility index (Phi) is 4.59. The number of carbonyl (C=O) groups is 1. The van der Waals surface area contributed by atoms with E-state index in [1.54, 1.807) is 0 Å². The second-order valence-electron chi connectivity index (χ2n) is 3.00. The van der Waals surface area contributed by atoms with Crippen molar-refractivity contribution in [1.29, 1.82) is 0 Å². The van der Waals surface area contributed by atoms with E-state index in [1.165, 1.54) is 6.92 Å². The molecule has 0 aliphatic heterocycles. The molecule has 0 heterocycles. The summed E-state index contributed by atoms with van der Waals surface area (Å²) in [5.41, 5.74) is -1.59. The Hall–Kier alpha value is -0.830. The summed E-state index contributed by atoms with van der Waals surface area (Å²) in [6, 6.07) is 0. The van der Waals surface area contributed by atoms with Gasteiger partial charge in [-0.2, -0.15) is 0 Å². The molecule has 0 fully saturated rings. The van der Waals surface area contributed by atoms with Crippen LogP contribution < -0.4 is 0 Å². The molecule has 0 amide bonds. The zero-order chi connectivity index (χ0) is 9.61. The maximum atomic E-state index is 10.4. The van der Waals surface area contributed by atoms with E-state index in [4.69, 9.17) is 5.11 Å². The van der Waals surface area contributed by atoms with Crippen LogP contribution in [0.2, 0.25) is 0 Å². The van der Waals surface area contributed by atoms with Gasteiger partial charge in [0.2, 0.25) is 0 Å².